The van der Waals surface area contributed by atoms with Crippen LogP contribution in [-0.4, -0.2) is 41.4 Å². The average molecular weight is 410 g/mol. The topological polar surface area (TPSA) is 65.6 Å². The number of aromatic nitrogens is 1. The smallest absolute Gasteiger partial charge is 0.251 e. The van der Waals surface area contributed by atoms with E-state index in [0.29, 0.717) is 17.3 Å². The third-order valence-electron chi connectivity index (χ3n) is 5.84. The Hall–Kier alpha value is -2.83. The molecule has 0 aliphatic carbocycles. The first-order chi connectivity index (χ1) is 14.0. The second-order valence-electron chi connectivity index (χ2n) is 7.48. The van der Waals surface area contributed by atoms with E-state index in [1.165, 1.54) is 10.5 Å². The number of carbonyl (C=O) groups excluding carboxylic acids is 2. The molecule has 1 atom stereocenters. The number of ether oxygens (including phenoxy) is 1. The number of rotatable bonds is 3. The van der Waals surface area contributed by atoms with E-state index in [4.69, 9.17) is 16.3 Å². The molecule has 29 heavy (non-hydrogen) atoms. The number of carbonyl (C=O) groups is 2. The molecule has 2 aliphatic heterocycles. The minimum Gasteiger partial charge on any atom is -0.497 e. The Balaban J connectivity index is 1.42. The summed E-state index contributed by atoms with van der Waals surface area (Å²) in [4.78, 5) is 32.5. The van der Waals surface area contributed by atoms with Crippen LogP contribution in [0.3, 0.4) is 0 Å². The monoisotopic (exact) mass is 409 g/mol. The van der Waals surface area contributed by atoms with Gasteiger partial charge < -0.3 is 9.72 Å². The van der Waals surface area contributed by atoms with Crippen LogP contribution in [0.2, 0.25) is 5.02 Å². The first kappa shape index (κ1) is 18.2. The van der Waals surface area contributed by atoms with Gasteiger partial charge in [0.15, 0.2) is 0 Å². The molecule has 3 aromatic rings. The summed E-state index contributed by atoms with van der Waals surface area (Å²) >= 11 is 6.05. The van der Waals surface area contributed by atoms with Gasteiger partial charge in [0.25, 0.3) is 5.91 Å². The van der Waals surface area contributed by atoms with Crippen molar-refractivity contribution in [2.24, 2.45) is 0 Å². The number of hydrogen-bond donors (Lipinski definition) is 1. The summed E-state index contributed by atoms with van der Waals surface area (Å²) in [5, 5.41) is 1.66. The van der Waals surface area contributed by atoms with E-state index in [1.807, 2.05) is 18.2 Å². The lowest BCUT2D eigenvalue weighted by Crippen LogP contribution is -2.44. The van der Waals surface area contributed by atoms with Crippen molar-refractivity contribution in [3.63, 3.8) is 0 Å². The van der Waals surface area contributed by atoms with Crippen LogP contribution in [0.5, 0.6) is 5.75 Å². The molecule has 6 nitrogen and oxygen atoms in total. The van der Waals surface area contributed by atoms with Crippen molar-refractivity contribution in [1.82, 2.24) is 9.88 Å². The third kappa shape index (κ3) is 2.99. The van der Waals surface area contributed by atoms with Gasteiger partial charge in [-0.2, -0.15) is 0 Å². The fraction of sp³-hybridized carbons (Fsp3) is 0.273. The fourth-order valence-electron chi connectivity index (χ4n) is 4.42. The number of imide groups is 1. The molecule has 1 N–H and O–H groups in total. The van der Waals surface area contributed by atoms with E-state index in [0.717, 1.165) is 35.3 Å². The van der Waals surface area contributed by atoms with Gasteiger partial charge in [-0.1, -0.05) is 17.7 Å². The predicted molar refractivity (Wildman–Crippen MR) is 111 cm³/mol. The number of fused-ring (bicyclic) bond motifs is 3. The van der Waals surface area contributed by atoms with Crippen molar-refractivity contribution < 1.29 is 14.3 Å². The summed E-state index contributed by atoms with van der Waals surface area (Å²) in [6.45, 7) is 1.34. The number of H-pyrrole nitrogens is 1. The van der Waals surface area contributed by atoms with Gasteiger partial charge in [0, 0.05) is 34.7 Å². The molecule has 2 amide bonds. The van der Waals surface area contributed by atoms with E-state index in [2.05, 4.69) is 9.88 Å². The van der Waals surface area contributed by atoms with Gasteiger partial charge in [-0.05, 0) is 48.4 Å². The molecule has 1 aromatic heterocycles. The van der Waals surface area contributed by atoms with E-state index in [1.54, 1.807) is 31.4 Å². The Labute approximate surface area is 173 Å². The molecule has 7 heteroatoms. The van der Waals surface area contributed by atoms with Crippen LogP contribution in [0.1, 0.15) is 17.7 Å². The number of benzene rings is 2. The molecule has 1 fully saturated rings. The van der Waals surface area contributed by atoms with Gasteiger partial charge in [-0.25, -0.2) is 4.90 Å². The average Bonchev–Trinajstić information content (AvgIpc) is 3.23. The number of hydrogen-bond acceptors (Lipinski definition) is 4. The van der Waals surface area contributed by atoms with Crippen molar-refractivity contribution in [3.8, 4) is 5.75 Å². The van der Waals surface area contributed by atoms with Crippen molar-refractivity contribution in [1.29, 1.82) is 0 Å². The summed E-state index contributed by atoms with van der Waals surface area (Å²) in [6.07, 6.45) is 1.01. The van der Waals surface area contributed by atoms with Crippen LogP contribution in [0, 0.1) is 0 Å². The van der Waals surface area contributed by atoms with Crippen molar-refractivity contribution in [3.05, 3.63) is 58.7 Å². The first-order valence-electron chi connectivity index (χ1n) is 9.59. The Bertz CT molecular complexity index is 1140. The highest BCUT2D eigenvalue weighted by atomic mass is 35.5. The van der Waals surface area contributed by atoms with Crippen LogP contribution in [0.4, 0.5) is 5.69 Å². The highest BCUT2D eigenvalue weighted by Crippen LogP contribution is 2.33. The maximum Gasteiger partial charge on any atom is 0.251 e. The van der Waals surface area contributed by atoms with Crippen LogP contribution >= 0.6 is 11.6 Å². The molecule has 0 radical (unpaired) electrons. The Morgan fingerprint density at radius 1 is 1.17 bits per heavy atom. The third-order valence-corrected chi connectivity index (χ3v) is 6.08. The largest absolute Gasteiger partial charge is 0.497 e. The zero-order valence-electron chi connectivity index (χ0n) is 15.9. The number of nitrogens with one attached hydrogen (secondary N) is 1. The van der Waals surface area contributed by atoms with Gasteiger partial charge in [0.2, 0.25) is 5.91 Å². The Morgan fingerprint density at radius 2 is 2.03 bits per heavy atom. The van der Waals surface area contributed by atoms with Crippen molar-refractivity contribution >= 4 is 40.0 Å². The van der Waals surface area contributed by atoms with Crippen LogP contribution in [0.15, 0.2) is 42.5 Å². The molecular weight excluding hydrogens is 390 g/mol. The van der Waals surface area contributed by atoms with E-state index < -0.39 is 6.04 Å². The highest BCUT2D eigenvalue weighted by molar-refractivity contribution is 6.31. The molecule has 0 saturated carbocycles. The highest BCUT2D eigenvalue weighted by Gasteiger charge is 2.43. The number of halogens is 1. The summed E-state index contributed by atoms with van der Waals surface area (Å²) in [5.74, 6) is 0.461. The minimum absolute atomic E-state index is 0.182. The van der Waals surface area contributed by atoms with Gasteiger partial charge in [-0.3, -0.25) is 14.5 Å². The van der Waals surface area contributed by atoms with Gasteiger partial charge >= 0.3 is 0 Å². The standard InChI is InChI=1S/C22H20ClN3O3/c1-29-15-5-6-18-17(10-15)16-7-8-25(12-19(16)24-18)20-11-21(27)26(22(20)28)14-4-2-3-13(23)9-14/h2-6,9-10,20,24H,7-8,11-12H2,1H3. The van der Waals surface area contributed by atoms with Gasteiger partial charge in [0.05, 0.1) is 25.3 Å². The lowest BCUT2D eigenvalue weighted by atomic mass is 10.0. The van der Waals surface area contributed by atoms with Crippen molar-refractivity contribution in [2.45, 2.75) is 25.4 Å². The maximum atomic E-state index is 13.1. The summed E-state index contributed by atoms with van der Waals surface area (Å²) in [6, 6.07) is 12.4. The van der Waals surface area contributed by atoms with Crippen LogP contribution < -0.4 is 9.64 Å². The second kappa shape index (κ2) is 6.90. The molecule has 2 aliphatic rings. The molecule has 1 saturated heterocycles. The van der Waals surface area contributed by atoms with Gasteiger partial charge in [0.1, 0.15) is 5.75 Å². The minimum atomic E-state index is -0.449. The van der Waals surface area contributed by atoms with Crippen LogP contribution in [0.25, 0.3) is 10.9 Å². The zero-order chi connectivity index (χ0) is 20.1. The second-order valence-corrected chi connectivity index (χ2v) is 7.92. The lowest BCUT2D eigenvalue weighted by Gasteiger charge is -2.30. The number of anilines is 1. The molecule has 0 bridgehead atoms. The van der Waals surface area contributed by atoms with E-state index in [-0.39, 0.29) is 18.2 Å². The fourth-order valence-corrected chi connectivity index (χ4v) is 4.61. The molecule has 5 rings (SSSR count). The first-order valence-corrected chi connectivity index (χ1v) is 9.97. The predicted octanol–water partition coefficient (Wildman–Crippen LogP) is 3.52. The molecular formula is C22H20ClN3O3. The number of amides is 2. The van der Waals surface area contributed by atoms with Crippen LogP contribution in [-0.2, 0) is 22.6 Å². The molecule has 148 valence electrons. The Kier molecular flexibility index (Phi) is 4.33. The maximum absolute atomic E-state index is 13.1. The normalized spacial score (nSPS) is 19.8. The zero-order valence-corrected chi connectivity index (χ0v) is 16.7. The van der Waals surface area contributed by atoms with Crippen molar-refractivity contribution in [2.75, 3.05) is 18.6 Å². The van der Waals surface area contributed by atoms with E-state index >= 15 is 0 Å². The molecule has 1 unspecified atom stereocenters. The molecule has 0 spiro atoms. The Morgan fingerprint density at radius 3 is 2.83 bits per heavy atom. The van der Waals surface area contributed by atoms with Gasteiger partial charge in [-0.15, -0.1) is 0 Å². The molecule has 2 aromatic carbocycles. The summed E-state index contributed by atoms with van der Waals surface area (Å²) < 4.78 is 5.35. The quantitative estimate of drug-likeness (QED) is 0.672. The SMILES string of the molecule is COc1ccc2[nH]c3c(c2c1)CCN(C1CC(=O)N(c2cccc(Cl)c2)C1=O)C3. The number of aromatic amines is 1. The molecule has 3 heterocycles. The lowest BCUT2D eigenvalue weighted by molar-refractivity contribution is -0.123. The number of methoxy groups -OCH3 is 1. The summed E-state index contributed by atoms with van der Waals surface area (Å²) in [5.41, 5.74) is 3.96. The summed E-state index contributed by atoms with van der Waals surface area (Å²) in [7, 11) is 1.66. The number of nitrogens with zero attached hydrogens (tertiary/aromatic N) is 2. The van der Waals surface area contributed by atoms with E-state index in [9.17, 15) is 9.59 Å².